The molecule has 1 aromatic rings. The normalized spacial score (nSPS) is 11.7. The van der Waals surface area contributed by atoms with Crippen molar-refractivity contribution < 1.29 is 23.8 Å². The molecule has 0 atom stereocenters. The van der Waals surface area contributed by atoms with Gasteiger partial charge in [-0.3, -0.25) is 0 Å². The number of aromatic carboxylic acids is 1. The number of aliphatic hydroxyl groups excluding tert-OH is 1. The Labute approximate surface area is 93.7 Å². The summed E-state index contributed by atoms with van der Waals surface area (Å²) < 4.78 is 25.1. The number of rotatable bonds is 6. The molecule has 90 valence electrons. The average Bonchev–Trinajstić information content (AvgIpc) is 2.66. The monoisotopic (exact) mass is 252 g/mol. The first-order valence-electron chi connectivity index (χ1n) is 4.32. The minimum atomic E-state index is -3.17. The van der Waals surface area contributed by atoms with Crippen LogP contribution in [-0.2, 0) is 6.54 Å². The molecule has 0 aliphatic rings. The first kappa shape index (κ1) is 12.9. The highest BCUT2D eigenvalue weighted by Gasteiger charge is 2.26. The fourth-order valence-corrected chi connectivity index (χ4v) is 1.57. The van der Waals surface area contributed by atoms with Crippen LogP contribution >= 0.6 is 11.3 Å². The van der Waals surface area contributed by atoms with E-state index in [1.807, 2.05) is 0 Å². The molecule has 8 heteroatoms. The van der Waals surface area contributed by atoms with Gasteiger partial charge in [0.15, 0.2) is 0 Å². The quantitative estimate of drug-likeness (QED) is 0.689. The van der Waals surface area contributed by atoms with Crippen LogP contribution < -0.4 is 5.32 Å². The van der Waals surface area contributed by atoms with E-state index < -0.39 is 25.0 Å². The van der Waals surface area contributed by atoms with Gasteiger partial charge in [-0.25, -0.2) is 18.6 Å². The van der Waals surface area contributed by atoms with E-state index in [2.05, 4.69) is 10.3 Å². The number of carbonyl (C=O) groups is 1. The van der Waals surface area contributed by atoms with Gasteiger partial charge in [0.2, 0.25) is 5.01 Å². The van der Waals surface area contributed by atoms with E-state index in [0.29, 0.717) is 5.69 Å². The minimum Gasteiger partial charge on any atom is -0.476 e. The second kappa shape index (κ2) is 5.28. The van der Waals surface area contributed by atoms with Crippen molar-refractivity contribution in [1.29, 1.82) is 0 Å². The molecule has 1 rings (SSSR count). The van der Waals surface area contributed by atoms with Gasteiger partial charge < -0.3 is 15.5 Å². The summed E-state index contributed by atoms with van der Waals surface area (Å²) in [5.74, 6) is -4.32. The van der Waals surface area contributed by atoms with E-state index in [4.69, 9.17) is 10.2 Å². The molecule has 0 aromatic carbocycles. The van der Waals surface area contributed by atoms with Gasteiger partial charge in [-0.15, -0.1) is 11.3 Å². The number of halogens is 2. The second-order valence-electron chi connectivity index (χ2n) is 3.07. The van der Waals surface area contributed by atoms with Crippen molar-refractivity contribution in [2.75, 3.05) is 13.2 Å². The summed E-state index contributed by atoms with van der Waals surface area (Å²) in [4.78, 5) is 14.2. The van der Waals surface area contributed by atoms with Crippen LogP contribution in [0.2, 0.25) is 0 Å². The fourth-order valence-electron chi connectivity index (χ4n) is 0.916. The highest BCUT2D eigenvalue weighted by molar-refractivity contribution is 7.11. The maximum absolute atomic E-state index is 12.6. The van der Waals surface area contributed by atoms with Gasteiger partial charge in [0.1, 0.15) is 6.61 Å². The third-order valence-corrected chi connectivity index (χ3v) is 2.53. The van der Waals surface area contributed by atoms with Crippen LogP contribution in [-0.4, -0.2) is 40.2 Å². The van der Waals surface area contributed by atoms with Crippen molar-refractivity contribution in [3.05, 3.63) is 16.1 Å². The molecule has 0 saturated heterocycles. The molecule has 0 fully saturated rings. The number of aliphatic hydroxyl groups is 1. The van der Waals surface area contributed by atoms with E-state index in [1.54, 1.807) is 0 Å². The topological polar surface area (TPSA) is 82.5 Å². The molecule has 3 N–H and O–H groups in total. The second-order valence-corrected chi connectivity index (χ2v) is 3.92. The summed E-state index contributed by atoms with van der Waals surface area (Å²) >= 11 is 0.934. The molecule has 5 nitrogen and oxygen atoms in total. The first-order valence-corrected chi connectivity index (χ1v) is 5.20. The SMILES string of the molecule is O=C(O)c1nc(CNCC(F)(F)CO)cs1. The lowest BCUT2D eigenvalue weighted by Crippen LogP contribution is -2.35. The zero-order valence-electron chi connectivity index (χ0n) is 8.11. The van der Waals surface area contributed by atoms with Crippen LogP contribution in [0, 0.1) is 0 Å². The zero-order chi connectivity index (χ0) is 12.2. The Morgan fingerprint density at radius 3 is 2.81 bits per heavy atom. The summed E-state index contributed by atoms with van der Waals surface area (Å²) in [6.45, 7) is -1.86. The Morgan fingerprint density at radius 1 is 1.62 bits per heavy atom. The Kier molecular flexibility index (Phi) is 4.27. The highest BCUT2D eigenvalue weighted by Crippen LogP contribution is 2.12. The smallest absolute Gasteiger partial charge is 0.365 e. The first-order chi connectivity index (χ1) is 7.44. The van der Waals surface area contributed by atoms with Crippen LogP contribution in [0.25, 0.3) is 0 Å². The molecule has 1 aromatic heterocycles. The number of nitrogens with one attached hydrogen (secondary N) is 1. The molecule has 0 unspecified atom stereocenters. The lowest BCUT2D eigenvalue weighted by molar-refractivity contribution is -0.0478. The van der Waals surface area contributed by atoms with Crippen LogP contribution in [0.4, 0.5) is 8.78 Å². The molecular weight excluding hydrogens is 242 g/mol. The van der Waals surface area contributed by atoms with Gasteiger partial charge in [0, 0.05) is 11.9 Å². The molecule has 0 aliphatic carbocycles. The van der Waals surface area contributed by atoms with Gasteiger partial charge >= 0.3 is 5.97 Å². The number of aromatic nitrogens is 1. The lowest BCUT2D eigenvalue weighted by Gasteiger charge is -2.12. The van der Waals surface area contributed by atoms with Crippen molar-refractivity contribution in [3.63, 3.8) is 0 Å². The molecule has 0 saturated carbocycles. The predicted molar refractivity (Wildman–Crippen MR) is 52.8 cm³/mol. The third-order valence-electron chi connectivity index (χ3n) is 1.66. The Balaban J connectivity index is 2.40. The number of nitrogens with zero attached hydrogens (tertiary/aromatic N) is 1. The van der Waals surface area contributed by atoms with Crippen molar-refractivity contribution in [2.24, 2.45) is 0 Å². The van der Waals surface area contributed by atoms with Crippen molar-refractivity contribution in [1.82, 2.24) is 10.3 Å². The van der Waals surface area contributed by atoms with Gasteiger partial charge in [-0.05, 0) is 0 Å². The lowest BCUT2D eigenvalue weighted by atomic mass is 10.3. The molecule has 0 bridgehead atoms. The summed E-state index contributed by atoms with van der Waals surface area (Å²) in [5, 5.41) is 20.6. The van der Waals surface area contributed by atoms with Crippen molar-refractivity contribution in [2.45, 2.75) is 12.5 Å². The van der Waals surface area contributed by atoms with Crippen LogP contribution in [0.3, 0.4) is 0 Å². The standard InChI is InChI=1S/C8H10F2N2O3S/c9-8(10,4-13)3-11-1-5-2-16-6(12-5)7(14)15/h2,11,13H,1,3-4H2,(H,14,15). The predicted octanol–water partition coefficient (Wildman–Crippen LogP) is 0.558. The molecule has 1 heterocycles. The van der Waals surface area contributed by atoms with E-state index >= 15 is 0 Å². The number of hydrogen-bond acceptors (Lipinski definition) is 5. The van der Waals surface area contributed by atoms with Crippen LogP contribution in [0.15, 0.2) is 5.38 Å². The molecule has 0 radical (unpaired) electrons. The number of alkyl halides is 2. The number of carboxylic acids is 1. The maximum atomic E-state index is 12.6. The summed E-state index contributed by atoms with van der Waals surface area (Å²) in [6.07, 6.45) is 0. The Morgan fingerprint density at radius 2 is 2.31 bits per heavy atom. The van der Waals surface area contributed by atoms with E-state index in [-0.39, 0.29) is 11.6 Å². The summed E-state index contributed by atoms with van der Waals surface area (Å²) in [6, 6.07) is 0. The number of thiazole rings is 1. The summed E-state index contributed by atoms with van der Waals surface area (Å²) in [7, 11) is 0. The summed E-state index contributed by atoms with van der Waals surface area (Å²) in [5.41, 5.74) is 0.385. The van der Waals surface area contributed by atoms with Crippen molar-refractivity contribution >= 4 is 17.3 Å². The number of hydrogen-bond donors (Lipinski definition) is 3. The molecular formula is C8H10F2N2O3S. The molecule has 16 heavy (non-hydrogen) atoms. The Hall–Kier alpha value is -1.12. The fraction of sp³-hybridized carbons (Fsp3) is 0.500. The van der Waals surface area contributed by atoms with Gasteiger partial charge in [0.25, 0.3) is 5.92 Å². The van der Waals surface area contributed by atoms with E-state index in [1.165, 1.54) is 5.38 Å². The number of carboxylic acid groups (broad SMARTS) is 1. The van der Waals surface area contributed by atoms with Gasteiger partial charge in [-0.2, -0.15) is 0 Å². The third kappa shape index (κ3) is 3.80. The largest absolute Gasteiger partial charge is 0.476 e. The zero-order valence-corrected chi connectivity index (χ0v) is 8.93. The van der Waals surface area contributed by atoms with E-state index in [0.717, 1.165) is 11.3 Å². The molecule has 0 spiro atoms. The molecule has 0 aliphatic heterocycles. The minimum absolute atomic E-state index is 0.0410. The van der Waals surface area contributed by atoms with Gasteiger partial charge in [0.05, 0.1) is 12.2 Å². The van der Waals surface area contributed by atoms with E-state index in [9.17, 15) is 13.6 Å². The van der Waals surface area contributed by atoms with Crippen LogP contribution in [0.1, 0.15) is 15.5 Å². The van der Waals surface area contributed by atoms with Gasteiger partial charge in [-0.1, -0.05) is 0 Å². The highest BCUT2D eigenvalue weighted by atomic mass is 32.1. The van der Waals surface area contributed by atoms with Crippen molar-refractivity contribution in [3.8, 4) is 0 Å². The average molecular weight is 252 g/mol. The Bertz CT molecular complexity index is 370. The molecule has 0 amide bonds. The maximum Gasteiger partial charge on any atom is 0.365 e. The van der Waals surface area contributed by atoms with Crippen LogP contribution in [0.5, 0.6) is 0 Å².